The zero-order valence-corrected chi connectivity index (χ0v) is 23.7. The van der Waals surface area contributed by atoms with Gasteiger partial charge in [0, 0.05) is 35.1 Å². The number of methoxy groups -OCH3 is 1. The molecule has 0 saturated heterocycles. The lowest BCUT2D eigenvalue weighted by molar-refractivity contribution is -0.385. The molecular formula is C26H28B4ClN3O5. The third-order valence-electron chi connectivity index (χ3n) is 7.10. The van der Waals surface area contributed by atoms with Crippen LogP contribution >= 0.6 is 11.6 Å². The summed E-state index contributed by atoms with van der Waals surface area (Å²) in [5.74, 6) is 3.08. The van der Waals surface area contributed by atoms with Gasteiger partial charge in [-0.1, -0.05) is 12.0 Å². The maximum absolute atomic E-state index is 13.7. The van der Waals surface area contributed by atoms with Gasteiger partial charge in [-0.25, -0.2) is 0 Å². The number of non-ortho nitro benzene ring substituents is 1. The third kappa shape index (κ3) is 5.55. The van der Waals surface area contributed by atoms with E-state index in [0.717, 1.165) is 17.7 Å². The van der Waals surface area contributed by atoms with Crippen molar-refractivity contribution in [2.75, 3.05) is 19.0 Å². The van der Waals surface area contributed by atoms with E-state index in [2.05, 4.69) is 11.2 Å². The first-order valence-electron chi connectivity index (χ1n) is 12.6. The molecule has 0 fully saturated rings. The molecule has 2 aliphatic rings. The number of hydrogen-bond acceptors (Lipinski definition) is 6. The van der Waals surface area contributed by atoms with Crippen LogP contribution in [0.2, 0.25) is 0 Å². The van der Waals surface area contributed by atoms with Crippen molar-refractivity contribution in [3.8, 4) is 23.8 Å². The standard InChI is InChI=1S/C26H28B4ClN3O5/c1-4-5-6-21-14(2)7-18-13-32-20-12-23(22(38-3)11-19(20)24(35)33(18)21)39-26(29,30)16-8-15(25(27,28)31)9-17(10-16)34(36)37/h1,5-6,8-12,18,32H,7,13,27-30H2,2-3H3/b6-5-/t18-/m0/s1. The second-order valence-electron chi connectivity index (χ2n) is 10.7. The number of nitrogens with one attached hydrogen (secondary N) is 1. The van der Waals surface area contributed by atoms with Gasteiger partial charge >= 0.3 is 0 Å². The number of anilines is 1. The number of hydrogen-bond donors (Lipinski definition) is 1. The highest BCUT2D eigenvalue weighted by atomic mass is 35.5. The van der Waals surface area contributed by atoms with Crippen LogP contribution in [0, 0.1) is 22.5 Å². The number of carbonyl (C=O) groups excluding carboxylic acids is 1. The maximum Gasteiger partial charge on any atom is 0.270 e. The molecule has 39 heavy (non-hydrogen) atoms. The number of rotatable bonds is 7. The molecule has 1 atom stereocenters. The van der Waals surface area contributed by atoms with E-state index in [-0.39, 0.29) is 17.6 Å². The molecule has 0 spiro atoms. The van der Waals surface area contributed by atoms with Crippen molar-refractivity contribution < 1.29 is 19.2 Å². The summed E-state index contributed by atoms with van der Waals surface area (Å²) in [4.78, 5) is 26.8. The fourth-order valence-corrected chi connectivity index (χ4v) is 5.07. The number of nitrogens with zero attached hydrogens (tertiary/aromatic N) is 2. The molecular weight excluding hydrogens is 513 g/mol. The summed E-state index contributed by atoms with van der Waals surface area (Å²) >= 11 is 6.52. The fourth-order valence-electron chi connectivity index (χ4n) is 4.96. The summed E-state index contributed by atoms with van der Waals surface area (Å²) in [7, 11) is 8.68. The van der Waals surface area contributed by atoms with Gasteiger partial charge in [-0.05, 0) is 48.3 Å². The van der Waals surface area contributed by atoms with Crippen molar-refractivity contribution in [3.63, 3.8) is 0 Å². The van der Waals surface area contributed by atoms with Gasteiger partial charge in [0.15, 0.2) is 27.2 Å². The minimum absolute atomic E-state index is 0.0590. The number of alkyl halides is 1. The van der Waals surface area contributed by atoms with Gasteiger partial charge in [0.2, 0.25) is 0 Å². The molecule has 196 valence electrons. The van der Waals surface area contributed by atoms with Crippen molar-refractivity contribution in [3.05, 3.63) is 80.6 Å². The average Bonchev–Trinajstić information content (AvgIpc) is 3.12. The number of ether oxygens (including phenoxy) is 2. The van der Waals surface area contributed by atoms with Crippen LogP contribution < -0.4 is 14.8 Å². The Labute approximate surface area is 236 Å². The normalized spacial score (nSPS) is 17.2. The van der Waals surface area contributed by atoms with Gasteiger partial charge in [-0.2, -0.15) is 0 Å². The zero-order valence-electron chi connectivity index (χ0n) is 22.9. The first-order chi connectivity index (χ1) is 18.3. The Kier molecular flexibility index (Phi) is 7.59. The minimum Gasteiger partial charge on any atom is -0.497 e. The quantitative estimate of drug-likeness (QED) is 0.183. The number of halogens is 1. The van der Waals surface area contributed by atoms with Crippen molar-refractivity contribution in [2.45, 2.75) is 29.5 Å². The molecule has 1 amide bonds. The monoisotopic (exact) mass is 541 g/mol. The summed E-state index contributed by atoms with van der Waals surface area (Å²) in [6, 6.07) is 8.12. The first kappa shape index (κ1) is 28.3. The van der Waals surface area contributed by atoms with Gasteiger partial charge in [-0.3, -0.25) is 14.9 Å². The summed E-state index contributed by atoms with van der Waals surface area (Å²) < 4.78 is 11.3. The summed E-state index contributed by atoms with van der Waals surface area (Å²) in [5.41, 5.74) is 4.06. The lowest BCUT2D eigenvalue weighted by Crippen LogP contribution is -2.37. The van der Waals surface area contributed by atoms with Gasteiger partial charge in [0.05, 0.1) is 34.7 Å². The van der Waals surface area contributed by atoms with Crippen LogP contribution in [0.25, 0.3) is 0 Å². The molecule has 0 bridgehead atoms. The Bertz CT molecular complexity index is 1460. The predicted molar refractivity (Wildman–Crippen MR) is 164 cm³/mol. The highest BCUT2D eigenvalue weighted by molar-refractivity contribution is 6.61. The molecule has 0 aromatic heterocycles. The number of carbonyl (C=O) groups is 1. The number of amides is 1. The van der Waals surface area contributed by atoms with Crippen LogP contribution in [0.5, 0.6) is 11.5 Å². The highest BCUT2D eigenvalue weighted by Crippen LogP contribution is 2.41. The Morgan fingerprint density at radius 1 is 1.21 bits per heavy atom. The molecule has 0 saturated carbocycles. The molecule has 2 aromatic carbocycles. The van der Waals surface area contributed by atoms with Crippen LogP contribution in [0.1, 0.15) is 34.8 Å². The minimum atomic E-state index is -1.01. The SMILES string of the molecule is BC(B)(Cl)c1cc([N+](=O)[O-])cc(C(B)(B)Oc2cc3c(cc2OC)C(=O)N2C(/C=C\C#C)=C(C)C[C@H]2CN3)c1. The number of fused-ring (bicyclic) bond motifs is 2. The molecule has 0 radical (unpaired) electrons. The largest absolute Gasteiger partial charge is 0.497 e. The molecule has 2 heterocycles. The molecule has 13 heteroatoms. The van der Waals surface area contributed by atoms with Crippen molar-refractivity contribution >= 4 is 60.3 Å². The summed E-state index contributed by atoms with van der Waals surface area (Å²) in [5, 5.41) is 14.1. The average molecular weight is 541 g/mol. The van der Waals surface area contributed by atoms with E-state index < -0.39 is 15.0 Å². The van der Waals surface area contributed by atoms with E-state index in [1.807, 2.05) is 28.7 Å². The first-order valence-corrected chi connectivity index (χ1v) is 12.9. The van der Waals surface area contributed by atoms with Gasteiger partial charge in [0.1, 0.15) is 15.7 Å². The molecule has 2 aliphatic heterocycles. The Hall–Kier alpha value is -3.70. The second-order valence-corrected chi connectivity index (χ2v) is 11.7. The molecule has 0 unspecified atom stereocenters. The number of allylic oxidation sites excluding steroid dienone is 2. The molecule has 4 rings (SSSR count). The van der Waals surface area contributed by atoms with Crippen molar-refractivity contribution in [2.24, 2.45) is 0 Å². The van der Waals surface area contributed by atoms with Crippen LogP contribution in [-0.2, 0) is 10.1 Å². The molecule has 0 aliphatic carbocycles. The van der Waals surface area contributed by atoms with Gasteiger partial charge < -0.3 is 19.7 Å². The van der Waals surface area contributed by atoms with E-state index in [1.54, 1.807) is 44.9 Å². The topological polar surface area (TPSA) is 93.9 Å². The van der Waals surface area contributed by atoms with E-state index in [9.17, 15) is 14.9 Å². The van der Waals surface area contributed by atoms with E-state index in [1.165, 1.54) is 19.2 Å². The number of nitro benzene ring substituents is 1. The van der Waals surface area contributed by atoms with Crippen LogP contribution in [-0.4, -0.2) is 66.8 Å². The lowest BCUT2D eigenvalue weighted by atomic mass is 9.59. The Morgan fingerprint density at radius 2 is 1.90 bits per heavy atom. The number of terminal acetylenes is 1. The van der Waals surface area contributed by atoms with E-state index in [4.69, 9.17) is 27.5 Å². The molecule has 2 aromatic rings. The van der Waals surface area contributed by atoms with Crippen LogP contribution in [0.4, 0.5) is 11.4 Å². The third-order valence-corrected chi connectivity index (χ3v) is 7.32. The fraction of sp³-hybridized carbons (Fsp3) is 0.269. The Balaban J connectivity index is 1.74. The van der Waals surface area contributed by atoms with E-state index in [0.29, 0.717) is 40.4 Å². The smallest absolute Gasteiger partial charge is 0.270 e. The van der Waals surface area contributed by atoms with Crippen molar-refractivity contribution in [1.82, 2.24) is 4.90 Å². The van der Waals surface area contributed by atoms with E-state index >= 15 is 0 Å². The van der Waals surface area contributed by atoms with Gasteiger partial charge in [-0.15, -0.1) is 18.0 Å². The predicted octanol–water partition coefficient (Wildman–Crippen LogP) is 0.778. The lowest BCUT2D eigenvalue weighted by Gasteiger charge is -2.30. The summed E-state index contributed by atoms with van der Waals surface area (Å²) in [6.07, 6.45) is 9.54. The molecule has 1 N–H and O–H groups in total. The second kappa shape index (κ2) is 10.5. The Morgan fingerprint density at radius 3 is 2.51 bits per heavy atom. The van der Waals surface area contributed by atoms with Crippen LogP contribution in [0.3, 0.4) is 0 Å². The number of nitro groups is 1. The molecule has 8 nitrogen and oxygen atoms in total. The maximum atomic E-state index is 13.7. The highest BCUT2D eigenvalue weighted by Gasteiger charge is 2.38. The zero-order chi connectivity index (χ0) is 28.7. The van der Waals surface area contributed by atoms with Crippen LogP contribution in [0.15, 0.2) is 53.8 Å². The summed E-state index contributed by atoms with van der Waals surface area (Å²) in [6.45, 7) is 2.54. The van der Waals surface area contributed by atoms with Gasteiger partial charge in [0.25, 0.3) is 11.6 Å². The number of benzene rings is 2. The van der Waals surface area contributed by atoms with Crippen molar-refractivity contribution in [1.29, 1.82) is 0 Å².